The Balaban J connectivity index is 2.51. The molecular weight excluding hydrogens is 166 g/mol. The van der Waals surface area contributed by atoms with Crippen molar-refractivity contribution in [1.29, 1.82) is 0 Å². The van der Waals surface area contributed by atoms with Crippen molar-refractivity contribution in [2.45, 2.75) is 32.6 Å². The number of rotatable bonds is 2. The summed E-state index contributed by atoms with van der Waals surface area (Å²) in [6.45, 7) is 2.10. The molecule has 1 aliphatic rings. The molecule has 3 N–H and O–H groups in total. The van der Waals surface area contributed by atoms with Gasteiger partial charge in [-0.1, -0.05) is 5.57 Å². The summed E-state index contributed by atoms with van der Waals surface area (Å²) in [7, 11) is 0. The molecule has 2 amide bonds. The normalized spacial score (nSPS) is 17.9. The van der Waals surface area contributed by atoms with Gasteiger partial charge in [0.2, 0.25) is 0 Å². The number of hydrazone groups is 1. The molecule has 0 saturated carbocycles. The third kappa shape index (κ3) is 3.27. The van der Waals surface area contributed by atoms with Crippen LogP contribution >= 0.6 is 0 Å². The van der Waals surface area contributed by atoms with Crippen LogP contribution in [0.3, 0.4) is 0 Å². The van der Waals surface area contributed by atoms with Crippen LogP contribution < -0.4 is 11.2 Å². The zero-order valence-electron chi connectivity index (χ0n) is 7.84. The van der Waals surface area contributed by atoms with Gasteiger partial charge in [0.15, 0.2) is 0 Å². The maximum atomic E-state index is 10.3. The van der Waals surface area contributed by atoms with E-state index in [-0.39, 0.29) is 0 Å². The van der Waals surface area contributed by atoms with E-state index in [1.807, 2.05) is 0 Å². The average Bonchev–Trinajstić information content (AvgIpc) is 2.08. The van der Waals surface area contributed by atoms with E-state index in [0.717, 1.165) is 12.8 Å². The number of urea groups is 1. The Hall–Kier alpha value is -1.32. The van der Waals surface area contributed by atoms with Crippen molar-refractivity contribution in [1.82, 2.24) is 5.43 Å². The number of nitrogens with one attached hydrogen (secondary N) is 1. The Kier molecular flexibility index (Phi) is 3.49. The molecule has 1 aliphatic carbocycles. The first-order valence-electron chi connectivity index (χ1n) is 4.47. The SMILES string of the molecule is CC1=C(C=NNC(N)=O)CCCC1. The van der Waals surface area contributed by atoms with Crippen LogP contribution in [0.25, 0.3) is 0 Å². The first-order chi connectivity index (χ1) is 6.20. The van der Waals surface area contributed by atoms with Gasteiger partial charge in [0, 0.05) is 0 Å². The van der Waals surface area contributed by atoms with Crippen LogP contribution in [0, 0.1) is 0 Å². The molecule has 0 bridgehead atoms. The van der Waals surface area contributed by atoms with Gasteiger partial charge in [0.05, 0.1) is 6.21 Å². The summed E-state index contributed by atoms with van der Waals surface area (Å²) < 4.78 is 0. The predicted octanol–water partition coefficient (Wildman–Crippen LogP) is 1.53. The zero-order valence-corrected chi connectivity index (χ0v) is 7.84. The van der Waals surface area contributed by atoms with Gasteiger partial charge in [-0.3, -0.25) is 0 Å². The molecule has 0 aliphatic heterocycles. The summed E-state index contributed by atoms with van der Waals surface area (Å²) in [6.07, 6.45) is 6.34. The first kappa shape index (κ1) is 9.77. The average molecular weight is 181 g/mol. The minimum atomic E-state index is -0.620. The molecule has 0 unspecified atom stereocenters. The standard InChI is InChI=1S/C9H15N3O/c1-7-4-2-3-5-8(7)6-11-12-9(10)13/h6H,2-5H2,1H3,(H3,10,12,13). The minimum Gasteiger partial charge on any atom is -0.350 e. The molecule has 0 saturated heterocycles. The van der Waals surface area contributed by atoms with Gasteiger partial charge < -0.3 is 5.73 Å². The molecule has 1 rings (SSSR count). The molecule has 0 heterocycles. The fourth-order valence-corrected chi connectivity index (χ4v) is 1.43. The highest BCUT2D eigenvalue weighted by Gasteiger charge is 2.06. The highest BCUT2D eigenvalue weighted by molar-refractivity contribution is 5.81. The zero-order chi connectivity index (χ0) is 9.68. The van der Waals surface area contributed by atoms with Gasteiger partial charge in [0.1, 0.15) is 0 Å². The van der Waals surface area contributed by atoms with Gasteiger partial charge in [-0.25, -0.2) is 10.2 Å². The molecule has 0 radical (unpaired) electrons. The van der Waals surface area contributed by atoms with E-state index in [4.69, 9.17) is 5.73 Å². The number of nitrogens with two attached hydrogens (primary N) is 1. The molecule has 0 aromatic carbocycles. The van der Waals surface area contributed by atoms with E-state index in [0.29, 0.717) is 0 Å². The maximum absolute atomic E-state index is 10.3. The number of carbonyl (C=O) groups excluding carboxylic acids is 1. The monoisotopic (exact) mass is 181 g/mol. The van der Waals surface area contributed by atoms with Crippen molar-refractivity contribution in [2.75, 3.05) is 0 Å². The van der Waals surface area contributed by atoms with Crippen LogP contribution in [-0.2, 0) is 0 Å². The molecular formula is C9H15N3O. The van der Waals surface area contributed by atoms with Crippen LogP contribution in [0.15, 0.2) is 16.2 Å². The van der Waals surface area contributed by atoms with E-state index in [2.05, 4.69) is 17.5 Å². The Morgan fingerprint density at radius 3 is 2.85 bits per heavy atom. The molecule has 4 nitrogen and oxygen atoms in total. The minimum absolute atomic E-state index is 0.620. The number of nitrogens with zero attached hydrogens (tertiary/aromatic N) is 1. The van der Waals surface area contributed by atoms with Gasteiger partial charge >= 0.3 is 6.03 Å². The fraction of sp³-hybridized carbons (Fsp3) is 0.556. The van der Waals surface area contributed by atoms with Crippen molar-refractivity contribution in [3.8, 4) is 0 Å². The molecule has 0 fully saturated rings. The van der Waals surface area contributed by atoms with E-state index in [1.54, 1.807) is 6.21 Å². The van der Waals surface area contributed by atoms with Crippen LogP contribution in [0.2, 0.25) is 0 Å². The Labute approximate surface area is 77.9 Å². The van der Waals surface area contributed by atoms with E-state index in [9.17, 15) is 4.79 Å². The van der Waals surface area contributed by atoms with Gasteiger partial charge in [-0.05, 0) is 38.2 Å². The lowest BCUT2D eigenvalue weighted by Gasteiger charge is -2.13. The van der Waals surface area contributed by atoms with E-state index >= 15 is 0 Å². The third-order valence-electron chi connectivity index (χ3n) is 2.19. The number of hydrogen-bond acceptors (Lipinski definition) is 2. The summed E-state index contributed by atoms with van der Waals surface area (Å²) in [6, 6.07) is -0.620. The molecule has 72 valence electrons. The summed E-state index contributed by atoms with van der Waals surface area (Å²) in [5.74, 6) is 0. The number of hydrogen-bond donors (Lipinski definition) is 2. The van der Waals surface area contributed by atoms with Crippen molar-refractivity contribution < 1.29 is 4.79 Å². The lowest BCUT2D eigenvalue weighted by atomic mass is 9.94. The Morgan fingerprint density at radius 1 is 1.54 bits per heavy atom. The highest BCUT2D eigenvalue weighted by Crippen LogP contribution is 2.22. The quantitative estimate of drug-likeness (QED) is 0.492. The summed E-state index contributed by atoms with van der Waals surface area (Å²) >= 11 is 0. The number of amides is 2. The molecule has 0 aromatic rings. The van der Waals surface area contributed by atoms with Crippen molar-refractivity contribution in [3.05, 3.63) is 11.1 Å². The van der Waals surface area contributed by atoms with E-state index in [1.165, 1.54) is 24.0 Å². The van der Waals surface area contributed by atoms with Crippen molar-refractivity contribution in [2.24, 2.45) is 10.8 Å². The summed E-state index contributed by atoms with van der Waals surface area (Å²) in [4.78, 5) is 10.3. The molecule has 0 spiro atoms. The van der Waals surface area contributed by atoms with Crippen LogP contribution in [-0.4, -0.2) is 12.2 Å². The van der Waals surface area contributed by atoms with Gasteiger partial charge in [-0.15, -0.1) is 0 Å². The molecule has 13 heavy (non-hydrogen) atoms. The first-order valence-corrected chi connectivity index (χ1v) is 4.47. The Morgan fingerprint density at radius 2 is 2.23 bits per heavy atom. The van der Waals surface area contributed by atoms with Gasteiger partial charge in [0.25, 0.3) is 0 Å². The second kappa shape index (κ2) is 4.64. The summed E-state index contributed by atoms with van der Waals surface area (Å²) in [5.41, 5.74) is 9.63. The summed E-state index contributed by atoms with van der Waals surface area (Å²) in [5, 5.41) is 3.74. The highest BCUT2D eigenvalue weighted by atomic mass is 16.2. The van der Waals surface area contributed by atoms with Crippen LogP contribution in [0.1, 0.15) is 32.6 Å². The number of primary amides is 1. The topological polar surface area (TPSA) is 67.5 Å². The van der Waals surface area contributed by atoms with Gasteiger partial charge in [-0.2, -0.15) is 5.10 Å². The lowest BCUT2D eigenvalue weighted by Crippen LogP contribution is -2.24. The lowest BCUT2D eigenvalue weighted by molar-refractivity contribution is 0.249. The van der Waals surface area contributed by atoms with Crippen LogP contribution in [0.5, 0.6) is 0 Å². The smallest absolute Gasteiger partial charge is 0.332 e. The van der Waals surface area contributed by atoms with Crippen molar-refractivity contribution in [3.63, 3.8) is 0 Å². The Bertz CT molecular complexity index is 256. The number of allylic oxidation sites excluding steroid dienone is 2. The van der Waals surface area contributed by atoms with E-state index < -0.39 is 6.03 Å². The second-order valence-corrected chi connectivity index (χ2v) is 3.25. The largest absolute Gasteiger partial charge is 0.350 e. The van der Waals surface area contributed by atoms with Crippen molar-refractivity contribution >= 4 is 12.2 Å². The maximum Gasteiger partial charge on any atom is 0.332 e. The fourth-order valence-electron chi connectivity index (χ4n) is 1.43. The molecule has 4 heteroatoms. The van der Waals surface area contributed by atoms with Crippen LogP contribution in [0.4, 0.5) is 4.79 Å². The third-order valence-corrected chi connectivity index (χ3v) is 2.19. The predicted molar refractivity (Wildman–Crippen MR) is 52.4 cm³/mol. The second-order valence-electron chi connectivity index (χ2n) is 3.25. The molecule has 0 aromatic heterocycles. The molecule has 0 atom stereocenters. The number of carbonyl (C=O) groups is 1.